The third kappa shape index (κ3) is 2.82. The van der Waals surface area contributed by atoms with Gasteiger partial charge in [-0.05, 0) is 23.3 Å². The van der Waals surface area contributed by atoms with E-state index in [0.717, 1.165) is 0 Å². The van der Waals surface area contributed by atoms with Crippen molar-refractivity contribution in [2.24, 2.45) is 7.05 Å². The number of hydrogen-bond donors (Lipinski definition) is 0. The van der Waals surface area contributed by atoms with Gasteiger partial charge in [0.05, 0.1) is 19.1 Å². The Labute approximate surface area is 159 Å². The zero-order valence-electron chi connectivity index (χ0n) is 15.5. The lowest BCUT2D eigenvalue weighted by Crippen LogP contribution is -2.13. The molecular formula is C19H17N3O6. The number of hydrogen-bond acceptors (Lipinski definition) is 6. The fourth-order valence-electron chi connectivity index (χ4n) is 3.12. The maximum atomic E-state index is 12.6. The molecule has 0 amide bonds. The fourth-order valence-corrected chi connectivity index (χ4v) is 3.12. The highest BCUT2D eigenvalue weighted by Gasteiger charge is 2.32. The van der Waals surface area contributed by atoms with Gasteiger partial charge in [-0.25, -0.2) is 9.59 Å². The Balaban J connectivity index is 2.31. The number of carbonyl (C=O) groups excluding carboxylic acids is 2. The van der Waals surface area contributed by atoms with E-state index in [-0.39, 0.29) is 16.9 Å². The second-order valence-corrected chi connectivity index (χ2v) is 5.97. The average Bonchev–Trinajstić information content (AvgIpc) is 3.24. The highest BCUT2D eigenvalue weighted by molar-refractivity contribution is 6.10. The van der Waals surface area contributed by atoms with Gasteiger partial charge in [0.15, 0.2) is 0 Å². The Hall–Kier alpha value is -3.88. The molecule has 3 rings (SSSR count). The molecule has 3 aromatic rings. The third-order valence-electron chi connectivity index (χ3n) is 4.45. The van der Waals surface area contributed by atoms with Crippen LogP contribution < -0.4 is 0 Å². The molecule has 1 aromatic carbocycles. The number of methoxy groups -OCH3 is 2. The van der Waals surface area contributed by atoms with Crippen LogP contribution in [0.4, 0.5) is 5.69 Å². The molecule has 28 heavy (non-hydrogen) atoms. The van der Waals surface area contributed by atoms with Crippen LogP contribution in [0.15, 0.2) is 43.2 Å². The summed E-state index contributed by atoms with van der Waals surface area (Å²) >= 11 is 0. The quantitative estimate of drug-likeness (QED) is 0.381. The van der Waals surface area contributed by atoms with E-state index in [0.29, 0.717) is 22.3 Å². The summed E-state index contributed by atoms with van der Waals surface area (Å²) in [7, 11) is 4.19. The van der Waals surface area contributed by atoms with E-state index in [1.165, 1.54) is 42.9 Å². The number of nitro groups is 1. The van der Waals surface area contributed by atoms with Crippen molar-refractivity contribution in [3.63, 3.8) is 0 Å². The van der Waals surface area contributed by atoms with Crippen LogP contribution in [0.25, 0.3) is 11.2 Å². The molecule has 0 atom stereocenters. The van der Waals surface area contributed by atoms with Crippen LogP contribution >= 0.6 is 0 Å². The van der Waals surface area contributed by atoms with E-state index in [4.69, 9.17) is 9.47 Å². The molecule has 2 aromatic heterocycles. The van der Waals surface area contributed by atoms with Crippen molar-refractivity contribution in [1.82, 2.24) is 8.97 Å². The summed E-state index contributed by atoms with van der Waals surface area (Å²) in [4.78, 5) is 35.3. The largest absolute Gasteiger partial charge is 0.465 e. The smallest absolute Gasteiger partial charge is 0.356 e. The second-order valence-electron chi connectivity index (χ2n) is 5.97. The normalized spacial score (nSPS) is 10.7. The third-order valence-corrected chi connectivity index (χ3v) is 4.45. The van der Waals surface area contributed by atoms with Gasteiger partial charge in [0.1, 0.15) is 16.9 Å². The molecule has 0 aliphatic rings. The van der Waals surface area contributed by atoms with E-state index in [2.05, 4.69) is 6.58 Å². The number of rotatable bonds is 5. The molecule has 2 heterocycles. The number of imidazole rings is 1. The van der Waals surface area contributed by atoms with Crippen molar-refractivity contribution < 1.29 is 24.0 Å². The van der Waals surface area contributed by atoms with Crippen LogP contribution in [-0.4, -0.2) is 40.0 Å². The van der Waals surface area contributed by atoms with Crippen molar-refractivity contribution in [3.05, 3.63) is 75.7 Å². The minimum absolute atomic E-state index is 0.0167. The maximum absolute atomic E-state index is 12.6. The summed E-state index contributed by atoms with van der Waals surface area (Å²) in [5, 5.41) is 10.9. The van der Waals surface area contributed by atoms with Crippen molar-refractivity contribution in [2.75, 3.05) is 14.2 Å². The Bertz CT molecular complexity index is 1120. The number of non-ortho nitro benzene ring substituents is 1. The van der Waals surface area contributed by atoms with Crippen molar-refractivity contribution >= 4 is 28.8 Å². The van der Waals surface area contributed by atoms with Crippen LogP contribution in [0, 0.1) is 10.1 Å². The summed E-state index contributed by atoms with van der Waals surface area (Å²) in [6.07, 6.45) is 3.34. The van der Waals surface area contributed by atoms with Crippen LogP contribution in [0.5, 0.6) is 0 Å². The van der Waals surface area contributed by atoms with Gasteiger partial charge < -0.3 is 14.0 Å². The maximum Gasteiger partial charge on any atom is 0.356 e. The fraction of sp³-hybridized carbons (Fsp3) is 0.158. The van der Waals surface area contributed by atoms with Gasteiger partial charge in [-0.1, -0.05) is 6.58 Å². The van der Waals surface area contributed by atoms with Gasteiger partial charge in [-0.15, -0.1) is 0 Å². The van der Waals surface area contributed by atoms with Gasteiger partial charge in [-0.2, -0.15) is 0 Å². The number of benzene rings is 1. The van der Waals surface area contributed by atoms with Gasteiger partial charge in [0, 0.05) is 37.1 Å². The van der Waals surface area contributed by atoms with Crippen LogP contribution in [0.3, 0.4) is 0 Å². The number of fused-ring (bicyclic) bond motifs is 1. The number of nitrogens with zero attached hydrogens (tertiary/aromatic N) is 3. The van der Waals surface area contributed by atoms with Crippen molar-refractivity contribution in [3.8, 4) is 0 Å². The van der Waals surface area contributed by atoms with E-state index < -0.39 is 16.9 Å². The summed E-state index contributed by atoms with van der Waals surface area (Å²) in [6, 6.07) is 5.76. The number of esters is 2. The van der Waals surface area contributed by atoms with E-state index in [1.54, 1.807) is 24.0 Å². The lowest BCUT2D eigenvalue weighted by Gasteiger charge is -2.09. The zero-order valence-corrected chi connectivity index (χ0v) is 15.5. The first kappa shape index (κ1) is 18.9. The molecule has 9 heteroatoms. The molecule has 144 valence electrons. The Morgan fingerprint density at radius 2 is 1.64 bits per heavy atom. The minimum atomic E-state index is -0.720. The van der Waals surface area contributed by atoms with Crippen LogP contribution in [-0.2, 0) is 16.5 Å². The van der Waals surface area contributed by atoms with Crippen LogP contribution in [0.1, 0.15) is 32.0 Å². The highest BCUT2D eigenvalue weighted by Crippen LogP contribution is 2.34. The van der Waals surface area contributed by atoms with E-state index >= 15 is 0 Å². The first-order chi connectivity index (χ1) is 13.3. The average molecular weight is 383 g/mol. The molecule has 0 spiro atoms. The number of ether oxygens (including phenoxy) is 2. The molecule has 0 unspecified atom stereocenters. The van der Waals surface area contributed by atoms with E-state index in [1.807, 2.05) is 0 Å². The van der Waals surface area contributed by atoms with Gasteiger partial charge in [0.2, 0.25) is 0 Å². The summed E-state index contributed by atoms with van der Waals surface area (Å²) in [5.41, 5.74) is 1.84. The van der Waals surface area contributed by atoms with Gasteiger partial charge >= 0.3 is 11.9 Å². The monoisotopic (exact) mass is 383 g/mol. The van der Waals surface area contributed by atoms with Crippen LogP contribution in [0.2, 0.25) is 0 Å². The molecule has 0 fully saturated rings. The Morgan fingerprint density at radius 1 is 1.04 bits per heavy atom. The molecule has 9 nitrogen and oxygen atoms in total. The number of aromatic nitrogens is 2. The van der Waals surface area contributed by atoms with Gasteiger partial charge in [-0.3, -0.25) is 14.5 Å². The van der Waals surface area contributed by atoms with E-state index in [9.17, 15) is 19.7 Å². The van der Waals surface area contributed by atoms with Crippen molar-refractivity contribution in [1.29, 1.82) is 0 Å². The highest BCUT2D eigenvalue weighted by atomic mass is 16.6. The SMILES string of the molecule is C=C(c1ccc([N+](=O)[O-])cc1)c1c(C(=O)OC)c(C(=O)OC)n2ccn(C)c12. The number of nitro benzene ring substituents is 1. The standard InChI is InChI=1S/C19H17N3O6/c1-11(12-5-7-13(8-6-12)22(25)26)14-15(18(23)27-3)16(19(24)28-4)21-10-9-20(2)17(14)21/h5-10H,1H2,2-4H3. The lowest BCUT2D eigenvalue weighted by atomic mass is 9.96. The molecule has 0 aliphatic carbocycles. The number of carbonyl (C=O) groups is 2. The predicted octanol–water partition coefficient (Wildman–Crippen LogP) is 2.82. The molecule has 0 saturated carbocycles. The molecule has 0 N–H and O–H groups in total. The summed E-state index contributed by atoms with van der Waals surface area (Å²) in [6.45, 7) is 4.06. The first-order valence-electron chi connectivity index (χ1n) is 8.11. The first-order valence-corrected chi connectivity index (χ1v) is 8.11. The minimum Gasteiger partial charge on any atom is -0.465 e. The molecular weight excluding hydrogens is 366 g/mol. The summed E-state index contributed by atoms with van der Waals surface area (Å²) < 4.78 is 13.0. The molecule has 0 saturated heterocycles. The summed E-state index contributed by atoms with van der Waals surface area (Å²) in [5.74, 6) is -1.42. The van der Waals surface area contributed by atoms with Gasteiger partial charge in [0.25, 0.3) is 5.69 Å². The van der Waals surface area contributed by atoms with Crippen molar-refractivity contribution in [2.45, 2.75) is 0 Å². The predicted molar refractivity (Wildman–Crippen MR) is 100 cm³/mol. The Kier molecular flexibility index (Phi) is 4.74. The molecule has 0 aliphatic heterocycles. The topological polar surface area (TPSA) is 105 Å². The molecule has 0 bridgehead atoms. The number of aryl methyl sites for hydroxylation is 1. The molecule has 0 radical (unpaired) electrons. The zero-order chi connectivity index (χ0) is 20.6. The lowest BCUT2D eigenvalue weighted by molar-refractivity contribution is -0.384. The Morgan fingerprint density at radius 3 is 2.18 bits per heavy atom. The second kappa shape index (κ2) is 7.03.